The number of nitrogens with two attached hydrogens (primary N) is 1. The fourth-order valence-electron chi connectivity index (χ4n) is 2.06. The fourth-order valence-corrected chi connectivity index (χ4v) is 3.80. The van der Waals surface area contributed by atoms with E-state index in [0.717, 1.165) is 18.4 Å². The van der Waals surface area contributed by atoms with Crippen LogP contribution in [0.1, 0.15) is 32.3 Å². The summed E-state index contributed by atoms with van der Waals surface area (Å²) in [4.78, 5) is 0.296. The maximum atomic E-state index is 12.7. The van der Waals surface area contributed by atoms with E-state index in [-0.39, 0.29) is 6.04 Å². The molecule has 106 valence electrons. The van der Waals surface area contributed by atoms with Gasteiger partial charge in [0.05, 0.1) is 4.90 Å². The Morgan fingerprint density at radius 2 is 2.00 bits per heavy atom. The van der Waals surface area contributed by atoms with Gasteiger partial charge in [-0.15, -0.1) is 0 Å². The smallest absolute Gasteiger partial charge is 0.243 e. The molecule has 4 nitrogen and oxygen atoms in total. The summed E-state index contributed by atoms with van der Waals surface area (Å²) in [6.07, 6.45) is 2.27. The van der Waals surface area contributed by atoms with E-state index in [4.69, 9.17) is 5.73 Å². The number of hydrogen-bond donors (Lipinski definition) is 1. The van der Waals surface area contributed by atoms with E-state index in [1.54, 1.807) is 22.5 Å². The third kappa shape index (κ3) is 3.09. The van der Waals surface area contributed by atoms with E-state index in [1.165, 1.54) is 0 Å². The molecule has 0 amide bonds. The van der Waals surface area contributed by atoms with Gasteiger partial charge in [-0.3, -0.25) is 0 Å². The molecule has 1 fully saturated rings. The SMILES string of the molecule is Cc1ccc(S(=O)(=O)N(CC2CC2)C(C)C)cc1N. The molecular weight excluding hydrogens is 260 g/mol. The zero-order valence-corrected chi connectivity index (χ0v) is 12.6. The second kappa shape index (κ2) is 5.13. The zero-order chi connectivity index (χ0) is 14.2. The molecule has 0 saturated heterocycles. The van der Waals surface area contributed by atoms with Crippen LogP contribution in [0.25, 0.3) is 0 Å². The van der Waals surface area contributed by atoms with Gasteiger partial charge in [0.1, 0.15) is 0 Å². The van der Waals surface area contributed by atoms with E-state index < -0.39 is 10.0 Å². The lowest BCUT2D eigenvalue weighted by Gasteiger charge is -2.26. The average molecular weight is 282 g/mol. The molecule has 2 rings (SSSR count). The van der Waals surface area contributed by atoms with Gasteiger partial charge in [-0.2, -0.15) is 4.31 Å². The number of sulfonamides is 1. The maximum absolute atomic E-state index is 12.7. The van der Waals surface area contributed by atoms with Crippen molar-refractivity contribution >= 4 is 15.7 Å². The van der Waals surface area contributed by atoms with Gasteiger partial charge in [0, 0.05) is 18.3 Å². The molecule has 0 unspecified atom stereocenters. The molecule has 0 aliphatic heterocycles. The average Bonchev–Trinajstić information content (AvgIpc) is 3.12. The fraction of sp³-hybridized carbons (Fsp3) is 0.571. The van der Waals surface area contributed by atoms with Crippen molar-refractivity contribution in [3.8, 4) is 0 Å². The number of rotatable bonds is 5. The van der Waals surface area contributed by atoms with Crippen LogP contribution in [0, 0.1) is 12.8 Å². The molecule has 1 aliphatic carbocycles. The summed E-state index contributed by atoms with van der Waals surface area (Å²) < 4.78 is 26.9. The van der Waals surface area contributed by atoms with Gasteiger partial charge in [0.25, 0.3) is 0 Å². The van der Waals surface area contributed by atoms with Gasteiger partial charge in [-0.05, 0) is 57.2 Å². The first kappa shape index (κ1) is 14.3. The van der Waals surface area contributed by atoms with Crippen molar-refractivity contribution in [3.05, 3.63) is 23.8 Å². The van der Waals surface area contributed by atoms with Gasteiger partial charge in [0.15, 0.2) is 0 Å². The van der Waals surface area contributed by atoms with Gasteiger partial charge < -0.3 is 5.73 Å². The molecule has 1 aromatic carbocycles. The van der Waals surface area contributed by atoms with Crippen LogP contribution in [0.5, 0.6) is 0 Å². The summed E-state index contributed by atoms with van der Waals surface area (Å²) >= 11 is 0. The van der Waals surface area contributed by atoms with Gasteiger partial charge in [0.2, 0.25) is 10.0 Å². The molecule has 0 aromatic heterocycles. The minimum Gasteiger partial charge on any atom is -0.398 e. The van der Waals surface area contributed by atoms with Crippen molar-refractivity contribution in [2.75, 3.05) is 12.3 Å². The third-order valence-electron chi connectivity index (χ3n) is 3.57. The summed E-state index contributed by atoms with van der Waals surface area (Å²) in [7, 11) is -3.44. The summed E-state index contributed by atoms with van der Waals surface area (Å²) in [5.41, 5.74) is 7.25. The first-order valence-electron chi connectivity index (χ1n) is 6.70. The van der Waals surface area contributed by atoms with Crippen LogP contribution in [-0.4, -0.2) is 25.3 Å². The molecule has 0 bridgehead atoms. The predicted molar refractivity (Wildman–Crippen MR) is 77.3 cm³/mol. The number of anilines is 1. The molecule has 1 aromatic rings. The molecule has 0 radical (unpaired) electrons. The molecule has 1 aliphatic rings. The minimum atomic E-state index is -3.44. The van der Waals surface area contributed by atoms with Crippen molar-refractivity contribution < 1.29 is 8.42 Å². The molecule has 0 spiro atoms. The molecule has 0 heterocycles. The molecule has 0 atom stereocenters. The van der Waals surface area contributed by atoms with Crippen molar-refractivity contribution in [2.24, 2.45) is 5.92 Å². The normalized spacial score (nSPS) is 16.3. The molecular formula is C14H22N2O2S. The Hall–Kier alpha value is -1.07. The Morgan fingerprint density at radius 1 is 1.37 bits per heavy atom. The van der Waals surface area contributed by atoms with Gasteiger partial charge in [-0.25, -0.2) is 8.42 Å². The number of nitrogen functional groups attached to an aromatic ring is 1. The van der Waals surface area contributed by atoms with E-state index in [2.05, 4.69) is 0 Å². The second-order valence-electron chi connectivity index (χ2n) is 5.63. The standard InChI is InChI=1S/C14H22N2O2S/c1-10(2)16(9-12-5-6-12)19(17,18)13-7-4-11(3)14(15)8-13/h4,7-8,10,12H,5-6,9,15H2,1-3H3. The van der Waals surface area contributed by atoms with E-state index in [9.17, 15) is 8.42 Å². The third-order valence-corrected chi connectivity index (χ3v) is 5.61. The second-order valence-corrected chi connectivity index (χ2v) is 7.52. The molecule has 5 heteroatoms. The topological polar surface area (TPSA) is 63.4 Å². The Kier molecular flexibility index (Phi) is 3.87. The van der Waals surface area contributed by atoms with Crippen LogP contribution in [0.3, 0.4) is 0 Å². The van der Waals surface area contributed by atoms with Crippen molar-refractivity contribution in [1.29, 1.82) is 0 Å². The first-order valence-corrected chi connectivity index (χ1v) is 8.14. The van der Waals surface area contributed by atoms with Crippen molar-refractivity contribution in [2.45, 2.75) is 44.6 Å². The number of nitrogens with zero attached hydrogens (tertiary/aromatic N) is 1. The van der Waals surface area contributed by atoms with Gasteiger partial charge in [-0.1, -0.05) is 6.07 Å². The van der Waals surface area contributed by atoms with E-state index >= 15 is 0 Å². The first-order chi connectivity index (χ1) is 8.82. The van der Waals surface area contributed by atoms with Crippen LogP contribution in [0.4, 0.5) is 5.69 Å². The summed E-state index contributed by atoms with van der Waals surface area (Å²) in [5.74, 6) is 0.528. The lowest BCUT2D eigenvalue weighted by Crippen LogP contribution is -2.38. The predicted octanol–water partition coefficient (Wildman–Crippen LogP) is 2.39. The van der Waals surface area contributed by atoms with Gasteiger partial charge >= 0.3 is 0 Å². The van der Waals surface area contributed by atoms with Crippen LogP contribution in [0.15, 0.2) is 23.1 Å². The molecule has 1 saturated carbocycles. The highest BCUT2D eigenvalue weighted by Gasteiger charge is 2.33. The Balaban J connectivity index is 2.34. The van der Waals surface area contributed by atoms with E-state index in [1.807, 2.05) is 20.8 Å². The summed E-state index contributed by atoms with van der Waals surface area (Å²) in [6, 6.07) is 4.93. The van der Waals surface area contributed by atoms with E-state index in [0.29, 0.717) is 23.0 Å². The number of aryl methyl sites for hydroxylation is 1. The van der Waals surface area contributed by atoms with Crippen LogP contribution < -0.4 is 5.73 Å². The Morgan fingerprint density at radius 3 is 2.47 bits per heavy atom. The van der Waals surface area contributed by atoms with Crippen LogP contribution >= 0.6 is 0 Å². The summed E-state index contributed by atoms with van der Waals surface area (Å²) in [5, 5.41) is 0. The minimum absolute atomic E-state index is 0.0341. The van der Waals surface area contributed by atoms with Crippen molar-refractivity contribution in [3.63, 3.8) is 0 Å². The molecule has 19 heavy (non-hydrogen) atoms. The van der Waals surface area contributed by atoms with Crippen molar-refractivity contribution in [1.82, 2.24) is 4.31 Å². The highest BCUT2D eigenvalue weighted by Crippen LogP contribution is 2.33. The molecule has 2 N–H and O–H groups in total. The quantitative estimate of drug-likeness (QED) is 0.843. The highest BCUT2D eigenvalue weighted by molar-refractivity contribution is 7.89. The Bertz CT molecular complexity index is 563. The number of hydrogen-bond acceptors (Lipinski definition) is 3. The summed E-state index contributed by atoms with van der Waals surface area (Å²) in [6.45, 7) is 6.32. The Labute approximate surface area is 115 Å². The largest absolute Gasteiger partial charge is 0.398 e. The highest BCUT2D eigenvalue weighted by atomic mass is 32.2. The lowest BCUT2D eigenvalue weighted by molar-refractivity contribution is 0.342. The lowest BCUT2D eigenvalue weighted by atomic mass is 10.2. The number of benzene rings is 1. The van der Waals surface area contributed by atoms with Crippen LogP contribution in [0.2, 0.25) is 0 Å². The maximum Gasteiger partial charge on any atom is 0.243 e. The van der Waals surface area contributed by atoms with Crippen LogP contribution in [-0.2, 0) is 10.0 Å². The monoisotopic (exact) mass is 282 g/mol. The zero-order valence-electron chi connectivity index (χ0n) is 11.8.